The monoisotopic (exact) mass is 236 g/mol. The summed E-state index contributed by atoms with van der Waals surface area (Å²) in [6.07, 6.45) is 4.49. The number of nitrogens with one attached hydrogen (secondary N) is 2. The van der Waals surface area contributed by atoms with E-state index in [9.17, 15) is 0 Å². The van der Waals surface area contributed by atoms with Gasteiger partial charge in [-0.15, -0.1) is 12.4 Å². The lowest BCUT2D eigenvalue weighted by molar-refractivity contribution is 0.0563. The molecule has 0 aromatic rings. The molecule has 0 saturated carbocycles. The van der Waals surface area contributed by atoms with E-state index in [-0.39, 0.29) is 12.4 Å². The van der Waals surface area contributed by atoms with Gasteiger partial charge in [0.15, 0.2) is 0 Å². The smallest absolute Gasteiger partial charge is 0.0481 e. The molecular weight excluding hydrogens is 216 g/mol. The largest absolute Gasteiger partial charge is 0.381 e. The maximum atomic E-state index is 5.30. The van der Waals surface area contributed by atoms with Gasteiger partial charge in [-0.1, -0.05) is 0 Å². The average molecular weight is 237 g/mol. The number of hydrazine groups is 1. The molecule has 0 amide bonds. The summed E-state index contributed by atoms with van der Waals surface area (Å²) in [7, 11) is 0. The molecule has 0 aromatic heterocycles. The van der Waals surface area contributed by atoms with Crippen molar-refractivity contribution in [2.75, 3.05) is 26.4 Å². The van der Waals surface area contributed by atoms with Crippen LogP contribution >= 0.6 is 12.4 Å². The van der Waals surface area contributed by atoms with Crippen molar-refractivity contribution >= 4 is 12.4 Å². The van der Waals surface area contributed by atoms with Crippen molar-refractivity contribution in [1.82, 2.24) is 10.9 Å². The number of halogens is 1. The number of ether oxygens (including phenoxy) is 2. The van der Waals surface area contributed by atoms with Crippen molar-refractivity contribution in [2.24, 2.45) is 0 Å². The van der Waals surface area contributed by atoms with Crippen molar-refractivity contribution in [1.29, 1.82) is 0 Å². The molecule has 2 fully saturated rings. The minimum absolute atomic E-state index is 0. The summed E-state index contributed by atoms with van der Waals surface area (Å²) in [5, 5.41) is 0. The van der Waals surface area contributed by atoms with E-state index in [1.807, 2.05) is 0 Å². The lowest BCUT2D eigenvalue weighted by Crippen LogP contribution is -2.50. The van der Waals surface area contributed by atoms with Gasteiger partial charge >= 0.3 is 0 Å². The minimum atomic E-state index is 0. The van der Waals surface area contributed by atoms with Gasteiger partial charge in [-0.05, 0) is 25.7 Å². The van der Waals surface area contributed by atoms with Crippen LogP contribution in [0.4, 0.5) is 0 Å². The van der Waals surface area contributed by atoms with Gasteiger partial charge in [0.2, 0.25) is 0 Å². The van der Waals surface area contributed by atoms with Gasteiger partial charge in [-0.2, -0.15) is 0 Å². The van der Waals surface area contributed by atoms with Crippen molar-refractivity contribution in [3.63, 3.8) is 0 Å². The molecule has 0 aliphatic carbocycles. The molecule has 5 heteroatoms. The highest BCUT2D eigenvalue weighted by Crippen LogP contribution is 2.08. The molecule has 0 bridgehead atoms. The first-order valence-electron chi connectivity index (χ1n) is 5.62. The summed E-state index contributed by atoms with van der Waals surface area (Å²) in [6, 6.07) is 1.18. The van der Waals surface area contributed by atoms with E-state index in [0.29, 0.717) is 12.1 Å². The second-order valence-corrected chi connectivity index (χ2v) is 4.06. The Hall–Kier alpha value is 0.130. The molecule has 2 rings (SSSR count). The van der Waals surface area contributed by atoms with Gasteiger partial charge in [0.25, 0.3) is 0 Å². The summed E-state index contributed by atoms with van der Waals surface area (Å²) in [4.78, 5) is 0. The Kier molecular flexibility index (Phi) is 6.52. The van der Waals surface area contributed by atoms with Gasteiger partial charge in [0, 0.05) is 38.5 Å². The standard InChI is InChI=1S/C10H20N2O2.ClH/c1-5-13-6-2-9(1)11-12-10-3-7-14-8-4-10;/h9-12H,1-8H2;1H. The molecule has 2 aliphatic heterocycles. The van der Waals surface area contributed by atoms with Crippen molar-refractivity contribution in [3.8, 4) is 0 Å². The molecule has 0 radical (unpaired) electrons. The third kappa shape index (κ3) is 4.66. The molecule has 0 aromatic carbocycles. The fraction of sp³-hybridized carbons (Fsp3) is 1.00. The van der Waals surface area contributed by atoms with E-state index in [1.165, 1.54) is 0 Å². The van der Waals surface area contributed by atoms with Gasteiger partial charge < -0.3 is 9.47 Å². The first-order chi connectivity index (χ1) is 6.95. The van der Waals surface area contributed by atoms with Crippen LogP contribution in [0, 0.1) is 0 Å². The summed E-state index contributed by atoms with van der Waals surface area (Å²) in [5.41, 5.74) is 6.81. The normalized spacial score (nSPS) is 24.8. The van der Waals surface area contributed by atoms with E-state index in [1.54, 1.807) is 0 Å². The van der Waals surface area contributed by atoms with E-state index in [4.69, 9.17) is 9.47 Å². The molecular formula is C10H21ClN2O2. The quantitative estimate of drug-likeness (QED) is 0.714. The highest BCUT2D eigenvalue weighted by Gasteiger charge is 2.16. The third-order valence-corrected chi connectivity index (χ3v) is 2.93. The zero-order chi connectivity index (χ0) is 9.64. The predicted octanol–water partition coefficient (Wildman–Crippen LogP) is 0.860. The van der Waals surface area contributed by atoms with Crippen LogP contribution in [0.5, 0.6) is 0 Å². The van der Waals surface area contributed by atoms with Crippen molar-refractivity contribution in [2.45, 2.75) is 37.8 Å². The fourth-order valence-electron chi connectivity index (χ4n) is 1.92. The first-order valence-corrected chi connectivity index (χ1v) is 5.62. The van der Waals surface area contributed by atoms with Crippen LogP contribution in [0.2, 0.25) is 0 Å². The first kappa shape index (κ1) is 13.2. The Labute approximate surface area is 97.5 Å². The van der Waals surface area contributed by atoms with Crippen LogP contribution in [0.15, 0.2) is 0 Å². The lowest BCUT2D eigenvalue weighted by atomic mass is 10.1. The van der Waals surface area contributed by atoms with E-state index < -0.39 is 0 Å². The molecule has 0 atom stereocenters. The predicted molar refractivity (Wildman–Crippen MR) is 61.2 cm³/mol. The summed E-state index contributed by atoms with van der Waals surface area (Å²) >= 11 is 0. The molecule has 2 N–H and O–H groups in total. The second kappa shape index (κ2) is 7.41. The Morgan fingerprint density at radius 3 is 1.33 bits per heavy atom. The maximum Gasteiger partial charge on any atom is 0.0481 e. The second-order valence-electron chi connectivity index (χ2n) is 4.06. The lowest BCUT2D eigenvalue weighted by Gasteiger charge is -2.28. The average Bonchev–Trinajstić information content (AvgIpc) is 2.29. The number of hydrogen-bond donors (Lipinski definition) is 2. The number of rotatable bonds is 3. The SMILES string of the molecule is C1CC(NNC2CCOCC2)CCO1.Cl. The topological polar surface area (TPSA) is 42.5 Å². The van der Waals surface area contributed by atoms with Crippen LogP contribution < -0.4 is 10.9 Å². The van der Waals surface area contributed by atoms with Crippen LogP contribution in [-0.2, 0) is 9.47 Å². The fourth-order valence-corrected chi connectivity index (χ4v) is 1.92. The molecule has 90 valence electrons. The van der Waals surface area contributed by atoms with Crippen LogP contribution in [0.25, 0.3) is 0 Å². The van der Waals surface area contributed by atoms with E-state index in [0.717, 1.165) is 52.1 Å². The van der Waals surface area contributed by atoms with Gasteiger partial charge in [0.1, 0.15) is 0 Å². The van der Waals surface area contributed by atoms with E-state index >= 15 is 0 Å². The Morgan fingerprint density at radius 1 is 0.667 bits per heavy atom. The van der Waals surface area contributed by atoms with Gasteiger partial charge in [-0.25, -0.2) is 0 Å². The molecule has 0 spiro atoms. The molecule has 15 heavy (non-hydrogen) atoms. The summed E-state index contributed by atoms with van der Waals surface area (Å²) in [6.45, 7) is 3.58. The maximum absolute atomic E-state index is 5.30. The highest BCUT2D eigenvalue weighted by molar-refractivity contribution is 5.85. The number of hydrogen-bond acceptors (Lipinski definition) is 4. The Morgan fingerprint density at radius 2 is 1.00 bits per heavy atom. The minimum Gasteiger partial charge on any atom is -0.381 e. The molecule has 2 aliphatic rings. The summed E-state index contributed by atoms with van der Waals surface area (Å²) < 4.78 is 10.6. The van der Waals surface area contributed by atoms with E-state index in [2.05, 4.69) is 10.9 Å². The van der Waals surface area contributed by atoms with Crippen molar-refractivity contribution < 1.29 is 9.47 Å². The highest BCUT2D eigenvalue weighted by atomic mass is 35.5. The zero-order valence-corrected chi connectivity index (χ0v) is 9.85. The molecule has 2 saturated heterocycles. The van der Waals surface area contributed by atoms with Crippen molar-refractivity contribution in [3.05, 3.63) is 0 Å². The Bertz CT molecular complexity index is 142. The molecule has 2 heterocycles. The summed E-state index contributed by atoms with van der Waals surface area (Å²) in [5.74, 6) is 0. The molecule has 0 unspecified atom stereocenters. The Balaban J connectivity index is 0.00000112. The van der Waals surface area contributed by atoms with Gasteiger partial charge in [-0.3, -0.25) is 10.9 Å². The third-order valence-electron chi connectivity index (χ3n) is 2.93. The molecule has 4 nitrogen and oxygen atoms in total. The van der Waals surface area contributed by atoms with Crippen LogP contribution in [0.1, 0.15) is 25.7 Å². The zero-order valence-electron chi connectivity index (χ0n) is 9.04. The van der Waals surface area contributed by atoms with Crippen LogP contribution in [0.3, 0.4) is 0 Å². The van der Waals surface area contributed by atoms with Gasteiger partial charge in [0.05, 0.1) is 0 Å². The van der Waals surface area contributed by atoms with Crippen LogP contribution in [-0.4, -0.2) is 38.5 Å².